The number of hydrogen-bond acceptors (Lipinski definition) is 0. The summed E-state index contributed by atoms with van der Waals surface area (Å²) >= 11 is 0. The fourth-order valence-corrected chi connectivity index (χ4v) is 0.577. The smallest absolute Gasteiger partial charge is 0.0351 e. The Morgan fingerprint density at radius 1 is 1.25 bits per heavy atom. The van der Waals surface area contributed by atoms with Crippen LogP contribution in [0.1, 0.15) is 6.42 Å². The molecule has 1 heteroatoms. The van der Waals surface area contributed by atoms with Gasteiger partial charge in [0, 0.05) is 12.1 Å². The summed E-state index contributed by atoms with van der Waals surface area (Å²) in [4.78, 5) is 0. The van der Waals surface area contributed by atoms with E-state index >= 15 is 0 Å². The molecule has 41 valence electrons. The Morgan fingerprint density at radius 3 is 3.00 bits per heavy atom. The molecule has 8 heavy (non-hydrogen) atoms. The van der Waals surface area contributed by atoms with Crippen LogP contribution >= 0.6 is 0 Å². The summed E-state index contributed by atoms with van der Waals surface area (Å²) in [6.45, 7) is 0. The largest absolute Gasteiger partial charge is 0.305 e. The van der Waals surface area contributed by atoms with E-state index < -0.39 is 0 Å². The predicted molar refractivity (Wildman–Crippen MR) is 34.1 cm³/mol. The molecule has 1 rings (SSSR count). The molecule has 0 aromatic rings. The Morgan fingerprint density at radius 2 is 2.12 bits per heavy atom. The van der Waals surface area contributed by atoms with Crippen LogP contribution in [-0.2, 0) is 0 Å². The fraction of sp³-hybridized carbons (Fsp3) is 0.143. The topological polar surface area (TPSA) is 23.8 Å². The molecule has 1 aliphatic carbocycles. The second-order valence-corrected chi connectivity index (χ2v) is 1.71. The summed E-state index contributed by atoms with van der Waals surface area (Å²) in [5, 5.41) is 0. The lowest BCUT2D eigenvalue weighted by Gasteiger charge is -1.85. The minimum absolute atomic E-state index is 0.676. The Bertz CT molecular complexity index is 152. The number of hydrogen-bond donors (Lipinski definition) is 0. The molecular formula is C7H8N. The van der Waals surface area contributed by atoms with Gasteiger partial charge >= 0.3 is 0 Å². The van der Waals surface area contributed by atoms with Crippen LogP contribution in [-0.4, -0.2) is 0 Å². The van der Waals surface area contributed by atoms with Crippen LogP contribution in [0.25, 0.3) is 0 Å². The molecule has 0 unspecified atom stereocenters. The molecule has 1 radical (unpaired) electrons. The van der Waals surface area contributed by atoms with Crippen molar-refractivity contribution in [1.82, 2.24) is 5.73 Å². The maximum absolute atomic E-state index is 7.17. The van der Waals surface area contributed by atoms with E-state index in [9.17, 15) is 0 Å². The van der Waals surface area contributed by atoms with Crippen LogP contribution in [0, 0.1) is 0 Å². The summed E-state index contributed by atoms with van der Waals surface area (Å²) in [7, 11) is 0. The number of rotatable bonds is 0. The first-order valence-electron chi connectivity index (χ1n) is 2.63. The van der Waals surface area contributed by atoms with Crippen LogP contribution in [0.2, 0.25) is 0 Å². The molecule has 0 atom stereocenters. The molecule has 0 aromatic heterocycles. The molecule has 0 saturated carbocycles. The van der Waals surface area contributed by atoms with Crippen LogP contribution < -0.4 is 5.73 Å². The first-order valence-corrected chi connectivity index (χ1v) is 2.63. The van der Waals surface area contributed by atoms with E-state index in [-0.39, 0.29) is 0 Å². The quantitative estimate of drug-likeness (QED) is 0.448. The summed E-state index contributed by atoms with van der Waals surface area (Å²) < 4.78 is 0. The third-order valence-corrected chi connectivity index (χ3v) is 0.993. The zero-order valence-corrected chi connectivity index (χ0v) is 4.59. The van der Waals surface area contributed by atoms with Gasteiger partial charge in [-0.1, -0.05) is 24.3 Å². The number of nitrogens with one attached hydrogen (secondary N) is 1. The molecule has 0 saturated heterocycles. The first-order chi connectivity index (χ1) is 3.89. The van der Waals surface area contributed by atoms with Gasteiger partial charge in [0.15, 0.2) is 0 Å². The highest BCUT2D eigenvalue weighted by Gasteiger charge is 1.85. The van der Waals surface area contributed by atoms with Crippen LogP contribution in [0.3, 0.4) is 0 Å². The lowest BCUT2D eigenvalue weighted by molar-refractivity contribution is 1.14. The Balaban J connectivity index is 2.69. The highest BCUT2D eigenvalue weighted by Crippen LogP contribution is 2.00. The molecule has 0 fully saturated rings. The van der Waals surface area contributed by atoms with E-state index in [1.165, 1.54) is 0 Å². The van der Waals surface area contributed by atoms with Crippen LogP contribution in [0.15, 0.2) is 36.1 Å². The van der Waals surface area contributed by atoms with Crippen molar-refractivity contribution in [2.45, 2.75) is 6.42 Å². The van der Waals surface area contributed by atoms with Crippen molar-refractivity contribution in [1.29, 1.82) is 0 Å². The molecule has 0 spiro atoms. The number of allylic oxidation sites excluding steroid dienone is 5. The zero-order valence-electron chi connectivity index (χ0n) is 4.59. The van der Waals surface area contributed by atoms with Gasteiger partial charge in [0.05, 0.1) is 0 Å². The van der Waals surface area contributed by atoms with E-state index in [1.807, 2.05) is 24.3 Å². The van der Waals surface area contributed by atoms with Gasteiger partial charge in [0.2, 0.25) is 0 Å². The van der Waals surface area contributed by atoms with Crippen LogP contribution in [0.4, 0.5) is 0 Å². The van der Waals surface area contributed by atoms with E-state index in [4.69, 9.17) is 5.73 Å². The minimum Gasteiger partial charge on any atom is -0.305 e. The van der Waals surface area contributed by atoms with E-state index in [0.717, 1.165) is 6.42 Å². The summed E-state index contributed by atoms with van der Waals surface area (Å²) in [6.07, 6.45) is 10.3. The van der Waals surface area contributed by atoms with E-state index in [2.05, 4.69) is 0 Å². The Hall–Kier alpha value is -0.980. The molecule has 1 nitrogen and oxygen atoms in total. The van der Waals surface area contributed by atoms with Crippen molar-refractivity contribution >= 4 is 0 Å². The van der Waals surface area contributed by atoms with Crippen molar-refractivity contribution in [3.63, 3.8) is 0 Å². The fourth-order valence-electron chi connectivity index (χ4n) is 0.577. The molecule has 0 heterocycles. The van der Waals surface area contributed by atoms with Crippen molar-refractivity contribution < 1.29 is 0 Å². The van der Waals surface area contributed by atoms with E-state index in [0.29, 0.717) is 5.70 Å². The van der Waals surface area contributed by atoms with Gasteiger partial charge in [0.25, 0.3) is 0 Å². The average Bonchev–Trinajstić information content (AvgIpc) is 1.94. The highest BCUT2D eigenvalue weighted by atomic mass is 14.6. The van der Waals surface area contributed by atoms with Gasteiger partial charge in [-0.2, -0.15) is 0 Å². The zero-order chi connectivity index (χ0) is 5.82. The third-order valence-electron chi connectivity index (χ3n) is 0.993. The lowest BCUT2D eigenvalue weighted by Crippen LogP contribution is -1.76. The maximum Gasteiger partial charge on any atom is 0.0351 e. The summed E-state index contributed by atoms with van der Waals surface area (Å²) in [5.74, 6) is 0. The lowest BCUT2D eigenvalue weighted by atomic mass is 10.3. The first kappa shape index (κ1) is 5.16. The average molecular weight is 106 g/mol. The third kappa shape index (κ3) is 1.26. The maximum atomic E-state index is 7.17. The normalized spacial score (nSPS) is 17.8. The van der Waals surface area contributed by atoms with Crippen molar-refractivity contribution in [2.24, 2.45) is 0 Å². The molecule has 0 bridgehead atoms. The summed E-state index contributed by atoms with van der Waals surface area (Å²) in [6, 6.07) is 0. The van der Waals surface area contributed by atoms with Gasteiger partial charge in [0.1, 0.15) is 0 Å². The van der Waals surface area contributed by atoms with Crippen LogP contribution in [0.5, 0.6) is 0 Å². The second-order valence-electron chi connectivity index (χ2n) is 1.71. The molecule has 0 aliphatic heterocycles. The molecular weight excluding hydrogens is 98.1 g/mol. The standard InChI is InChI=1S/C7H8N/c8-7-5-3-1-2-4-6-7/h1-5,8H,6H2. The highest BCUT2D eigenvalue weighted by molar-refractivity contribution is 5.20. The second kappa shape index (κ2) is 2.36. The summed E-state index contributed by atoms with van der Waals surface area (Å²) in [5.41, 5.74) is 7.85. The van der Waals surface area contributed by atoms with Crippen molar-refractivity contribution in [2.75, 3.05) is 0 Å². The van der Waals surface area contributed by atoms with E-state index in [1.54, 1.807) is 6.08 Å². The SMILES string of the molecule is [NH]C1=CC=CC=CC1. The van der Waals surface area contributed by atoms with Gasteiger partial charge < -0.3 is 5.73 Å². The minimum atomic E-state index is 0.676. The molecule has 0 amide bonds. The predicted octanol–water partition coefficient (Wildman–Crippen LogP) is 1.67. The Kier molecular flexibility index (Phi) is 1.52. The van der Waals surface area contributed by atoms with Crippen molar-refractivity contribution in [3.05, 3.63) is 36.1 Å². The Labute approximate surface area is 49.2 Å². The molecule has 1 N–H and O–H groups in total. The molecule has 0 aromatic carbocycles. The van der Waals surface area contributed by atoms with Gasteiger partial charge in [-0.15, -0.1) is 0 Å². The van der Waals surface area contributed by atoms with Gasteiger partial charge in [-0.3, -0.25) is 0 Å². The molecule has 1 aliphatic rings. The monoisotopic (exact) mass is 106 g/mol. The van der Waals surface area contributed by atoms with Gasteiger partial charge in [-0.05, 0) is 6.08 Å². The van der Waals surface area contributed by atoms with Gasteiger partial charge in [-0.25, -0.2) is 0 Å². The van der Waals surface area contributed by atoms with Crippen molar-refractivity contribution in [3.8, 4) is 0 Å².